The molecule has 0 fully saturated rings. The third-order valence-electron chi connectivity index (χ3n) is 3.60. The van der Waals surface area contributed by atoms with Crippen LogP contribution in [0, 0.1) is 6.92 Å². The molecule has 1 heterocycles. The van der Waals surface area contributed by atoms with Gasteiger partial charge in [0, 0.05) is 4.47 Å². The summed E-state index contributed by atoms with van der Waals surface area (Å²) in [5.41, 5.74) is 1.66. The normalized spacial score (nSPS) is 11.4. The second-order valence-corrected chi connectivity index (χ2v) is 8.16. The standard InChI is InChI=1S/C18H16BrNO3S/c1-14-4-8-16(9-5-14)20(13-17-3-2-12-23-17)24(21,22)18-10-6-15(19)7-11-18/h2-12H,13H2,1H3. The van der Waals surface area contributed by atoms with Crippen molar-refractivity contribution in [3.63, 3.8) is 0 Å². The molecule has 2 aromatic carbocycles. The highest BCUT2D eigenvalue weighted by Gasteiger charge is 2.26. The molecule has 0 unspecified atom stereocenters. The summed E-state index contributed by atoms with van der Waals surface area (Å²) < 4.78 is 33.8. The molecule has 1 aromatic heterocycles. The maximum atomic E-state index is 13.1. The van der Waals surface area contributed by atoms with Crippen LogP contribution in [0.2, 0.25) is 0 Å². The van der Waals surface area contributed by atoms with E-state index in [2.05, 4.69) is 15.9 Å². The number of sulfonamides is 1. The summed E-state index contributed by atoms with van der Waals surface area (Å²) in [5, 5.41) is 0. The molecule has 0 bridgehead atoms. The van der Waals surface area contributed by atoms with Gasteiger partial charge in [-0.3, -0.25) is 4.31 Å². The maximum absolute atomic E-state index is 13.1. The Morgan fingerprint density at radius 1 is 1.00 bits per heavy atom. The molecule has 24 heavy (non-hydrogen) atoms. The average Bonchev–Trinajstić information content (AvgIpc) is 3.07. The number of aryl methyl sites for hydroxylation is 1. The third-order valence-corrected chi connectivity index (χ3v) is 5.92. The maximum Gasteiger partial charge on any atom is 0.264 e. The van der Waals surface area contributed by atoms with E-state index in [9.17, 15) is 8.42 Å². The van der Waals surface area contributed by atoms with Crippen molar-refractivity contribution in [3.8, 4) is 0 Å². The van der Waals surface area contributed by atoms with Crippen molar-refractivity contribution in [1.82, 2.24) is 0 Å². The summed E-state index contributed by atoms with van der Waals surface area (Å²) in [6, 6.07) is 17.5. The number of anilines is 1. The lowest BCUT2D eigenvalue weighted by atomic mass is 10.2. The van der Waals surface area contributed by atoms with Crippen molar-refractivity contribution in [2.45, 2.75) is 18.4 Å². The first-order chi connectivity index (χ1) is 11.5. The number of hydrogen-bond acceptors (Lipinski definition) is 3. The smallest absolute Gasteiger partial charge is 0.264 e. The Kier molecular flexibility index (Phi) is 4.78. The number of hydrogen-bond donors (Lipinski definition) is 0. The van der Waals surface area contributed by atoms with Gasteiger partial charge >= 0.3 is 0 Å². The molecule has 124 valence electrons. The minimum atomic E-state index is -3.71. The highest BCUT2D eigenvalue weighted by atomic mass is 79.9. The lowest BCUT2D eigenvalue weighted by Crippen LogP contribution is -2.30. The summed E-state index contributed by atoms with van der Waals surface area (Å²) in [6.45, 7) is 2.10. The second-order valence-electron chi connectivity index (χ2n) is 5.38. The van der Waals surface area contributed by atoms with Crippen molar-refractivity contribution >= 4 is 31.6 Å². The Hall–Kier alpha value is -2.05. The Labute approximate surface area is 149 Å². The van der Waals surface area contributed by atoms with Crippen LogP contribution in [0.15, 0.2) is 80.7 Å². The van der Waals surface area contributed by atoms with Crippen LogP contribution in [0.25, 0.3) is 0 Å². The lowest BCUT2D eigenvalue weighted by molar-refractivity contribution is 0.508. The van der Waals surface area contributed by atoms with E-state index in [1.807, 2.05) is 19.1 Å². The van der Waals surface area contributed by atoms with E-state index in [-0.39, 0.29) is 11.4 Å². The summed E-state index contributed by atoms with van der Waals surface area (Å²) >= 11 is 3.33. The van der Waals surface area contributed by atoms with Crippen molar-refractivity contribution in [1.29, 1.82) is 0 Å². The molecule has 0 spiro atoms. The number of halogens is 1. The van der Waals surface area contributed by atoms with Crippen LogP contribution in [-0.4, -0.2) is 8.42 Å². The van der Waals surface area contributed by atoms with Crippen LogP contribution in [0.3, 0.4) is 0 Å². The van der Waals surface area contributed by atoms with Gasteiger partial charge in [0.1, 0.15) is 5.76 Å². The van der Waals surface area contributed by atoms with Crippen LogP contribution < -0.4 is 4.31 Å². The molecule has 0 aliphatic rings. The average molecular weight is 406 g/mol. The van der Waals surface area contributed by atoms with Gasteiger partial charge in [0.05, 0.1) is 23.4 Å². The van der Waals surface area contributed by atoms with E-state index < -0.39 is 10.0 Å². The molecule has 6 heteroatoms. The van der Waals surface area contributed by atoms with E-state index in [0.29, 0.717) is 11.4 Å². The van der Waals surface area contributed by atoms with Gasteiger partial charge in [0.2, 0.25) is 0 Å². The molecule has 0 aliphatic heterocycles. The fourth-order valence-electron chi connectivity index (χ4n) is 2.30. The summed E-state index contributed by atoms with van der Waals surface area (Å²) in [6.07, 6.45) is 1.54. The number of rotatable bonds is 5. The monoisotopic (exact) mass is 405 g/mol. The molecule has 0 saturated heterocycles. The van der Waals surface area contributed by atoms with Gasteiger partial charge in [0.15, 0.2) is 0 Å². The Bertz CT molecular complexity index is 902. The zero-order chi connectivity index (χ0) is 17.2. The Morgan fingerprint density at radius 3 is 2.25 bits per heavy atom. The zero-order valence-electron chi connectivity index (χ0n) is 13.0. The molecule has 0 atom stereocenters. The van der Waals surface area contributed by atoms with Crippen LogP contribution >= 0.6 is 15.9 Å². The highest BCUT2D eigenvalue weighted by Crippen LogP contribution is 2.27. The van der Waals surface area contributed by atoms with Crippen LogP contribution in [0.4, 0.5) is 5.69 Å². The zero-order valence-corrected chi connectivity index (χ0v) is 15.4. The van der Waals surface area contributed by atoms with E-state index in [1.54, 1.807) is 48.5 Å². The molecule has 3 rings (SSSR count). The molecular formula is C18H16BrNO3S. The quantitative estimate of drug-likeness (QED) is 0.615. The number of furan rings is 1. The first kappa shape index (κ1) is 16.8. The largest absolute Gasteiger partial charge is 0.467 e. The van der Waals surface area contributed by atoms with Gasteiger partial charge in [0.25, 0.3) is 10.0 Å². The molecule has 3 aromatic rings. The van der Waals surface area contributed by atoms with Gasteiger partial charge in [-0.25, -0.2) is 8.42 Å². The van der Waals surface area contributed by atoms with Crippen LogP contribution in [0.5, 0.6) is 0 Å². The first-order valence-corrected chi connectivity index (χ1v) is 9.57. The minimum absolute atomic E-state index is 0.133. The third kappa shape index (κ3) is 3.55. The predicted octanol–water partition coefficient (Wildman–Crippen LogP) is 4.75. The molecule has 0 saturated carbocycles. The molecule has 0 aliphatic carbocycles. The van der Waals surface area contributed by atoms with Gasteiger partial charge < -0.3 is 4.42 Å². The van der Waals surface area contributed by atoms with Crippen LogP contribution in [-0.2, 0) is 16.6 Å². The lowest BCUT2D eigenvalue weighted by Gasteiger charge is -2.24. The van der Waals surface area contributed by atoms with E-state index in [0.717, 1.165) is 10.0 Å². The molecule has 0 radical (unpaired) electrons. The highest BCUT2D eigenvalue weighted by molar-refractivity contribution is 9.10. The van der Waals surface area contributed by atoms with Gasteiger partial charge in [-0.15, -0.1) is 0 Å². The summed E-state index contributed by atoms with van der Waals surface area (Å²) in [7, 11) is -3.71. The van der Waals surface area contributed by atoms with Crippen molar-refractivity contribution < 1.29 is 12.8 Å². The Balaban J connectivity index is 2.05. The van der Waals surface area contributed by atoms with E-state index in [1.165, 1.54) is 10.6 Å². The predicted molar refractivity (Wildman–Crippen MR) is 97.4 cm³/mol. The topological polar surface area (TPSA) is 50.5 Å². The number of benzene rings is 2. The molecule has 0 amide bonds. The second kappa shape index (κ2) is 6.83. The first-order valence-electron chi connectivity index (χ1n) is 7.34. The van der Waals surface area contributed by atoms with Crippen molar-refractivity contribution in [2.24, 2.45) is 0 Å². The molecule has 4 nitrogen and oxygen atoms in total. The van der Waals surface area contributed by atoms with Crippen molar-refractivity contribution in [2.75, 3.05) is 4.31 Å². The van der Waals surface area contributed by atoms with Gasteiger partial charge in [-0.1, -0.05) is 33.6 Å². The fourth-order valence-corrected chi connectivity index (χ4v) is 4.00. The van der Waals surface area contributed by atoms with Gasteiger partial charge in [-0.05, 0) is 55.5 Å². The molecular weight excluding hydrogens is 390 g/mol. The molecule has 0 N–H and O–H groups in total. The summed E-state index contributed by atoms with van der Waals surface area (Å²) in [4.78, 5) is 0.234. The summed E-state index contributed by atoms with van der Waals surface area (Å²) in [5.74, 6) is 0.580. The SMILES string of the molecule is Cc1ccc(N(Cc2ccco2)S(=O)(=O)c2ccc(Br)cc2)cc1. The van der Waals surface area contributed by atoms with E-state index in [4.69, 9.17) is 4.42 Å². The minimum Gasteiger partial charge on any atom is -0.467 e. The fraction of sp³-hybridized carbons (Fsp3) is 0.111. The van der Waals surface area contributed by atoms with Crippen molar-refractivity contribution in [3.05, 3.63) is 82.7 Å². The van der Waals surface area contributed by atoms with Gasteiger partial charge in [-0.2, -0.15) is 0 Å². The number of nitrogens with zero attached hydrogens (tertiary/aromatic N) is 1. The van der Waals surface area contributed by atoms with E-state index >= 15 is 0 Å². The Morgan fingerprint density at radius 2 is 1.67 bits per heavy atom. The van der Waals surface area contributed by atoms with Crippen LogP contribution in [0.1, 0.15) is 11.3 Å².